The van der Waals surface area contributed by atoms with Gasteiger partial charge in [0.2, 0.25) is 5.78 Å². The van der Waals surface area contributed by atoms with Gasteiger partial charge in [0.25, 0.3) is 5.91 Å². The van der Waals surface area contributed by atoms with E-state index in [0.717, 1.165) is 11.1 Å². The third-order valence-corrected chi connectivity index (χ3v) is 8.74. The Kier molecular flexibility index (Phi) is 7.03. The molecule has 0 aromatic heterocycles. The van der Waals surface area contributed by atoms with Gasteiger partial charge in [0, 0.05) is 36.8 Å². The summed E-state index contributed by atoms with van der Waals surface area (Å²) in [6.45, 7) is 1.98. The molecule has 1 amide bonds. The third-order valence-electron chi connectivity index (χ3n) is 8.74. The van der Waals surface area contributed by atoms with Crippen LogP contribution in [0.1, 0.15) is 39.0 Å². The number of carbonyl (C=O) groups excluding carboxylic acids is 3. The molecule has 3 aliphatic carbocycles. The molecule has 10 nitrogen and oxygen atoms in total. The molecular weight excluding hydrogens is 538 g/mol. The van der Waals surface area contributed by atoms with Crippen LogP contribution in [0.5, 0.6) is 5.75 Å². The fraction of sp³-hybridized carbons (Fsp3) is 0.344. The van der Waals surface area contributed by atoms with Gasteiger partial charge < -0.3 is 31.1 Å². The Morgan fingerprint density at radius 1 is 1.05 bits per heavy atom. The van der Waals surface area contributed by atoms with Crippen LogP contribution in [0.2, 0.25) is 0 Å². The van der Waals surface area contributed by atoms with Crippen LogP contribution in [-0.4, -0.2) is 82.6 Å². The van der Waals surface area contributed by atoms with Crippen LogP contribution in [0, 0.1) is 18.8 Å². The molecule has 0 heterocycles. The minimum atomic E-state index is -2.67. The number of aliphatic hydroxyl groups is 3. The first kappa shape index (κ1) is 29.1. The summed E-state index contributed by atoms with van der Waals surface area (Å²) in [6.07, 6.45) is 3.77. The van der Waals surface area contributed by atoms with E-state index in [9.17, 15) is 34.8 Å². The van der Waals surface area contributed by atoms with E-state index in [0.29, 0.717) is 16.8 Å². The third kappa shape index (κ3) is 4.21. The van der Waals surface area contributed by atoms with Gasteiger partial charge in [-0.25, -0.2) is 0 Å². The zero-order valence-electron chi connectivity index (χ0n) is 24.2. The lowest BCUT2D eigenvalue weighted by Gasteiger charge is -2.50. The number of fused-ring (bicyclic) bond motifs is 3. The van der Waals surface area contributed by atoms with Gasteiger partial charge in [0.1, 0.15) is 22.8 Å². The Morgan fingerprint density at radius 2 is 1.69 bits per heavy atom. The molecule has 0 bridgehead atoms. The zero-order valence-corrected chi connectivity index (χ0v) is 24.2. The number of nitrogens with zero attached hydrogens (tertiary/aromatic N) is 2. The molecule has 3 aliphatic rings. The number of likely N-dealkylation sites (N-methyl/N-ethyl adjacent to an activating group) is 1. The van der Waals surface area contributed by atoms with Crippen LogP contribution in [-0.2, 0) is 16.0 Å². The maximum Gasteiger partial charge on any atom is 0.255 e. The molecule has 10 heteroatoms. The quantitative estimate of drug-likeness (QED) is 0.267. The number of carbonyl (C=O) groups is 3. The molecule has 0 aliphatic heterocycles. The highest BCUT2D eigenvalue weighted by molar-refractivity contribution is 6.25. The maximum absolute atomic E-state index is 14.1. The van der Waals surface area contributed by atoms with E-state index in [1.807, 2.05) is 56.3 Å². The van der Waals surface area contributed by atoms with Crippen molar-refractivity contribution in [2.24, 2.45) is 17.6 Å². The number of nitrogens with two attached hydrogens (primary N) is 1. The lowest BCUT2D eigenvalue weighted by atomic mass is 9.58. The number of aromatic hydroxyl groups is 1. The Hall–Kier alpha value is -4.41. The molecule has 5 rings (SSSR count). The number of primary amides is 1. The Morgan fingerprint density at radius 3 is 2.26 bits per heavy atom. The Bertz CT molecular complexity index is 1620. The number of benzene rings is 2. The number of aryl methyl sites for hydroxylation is 1. The van der Waals surface area contributed by atoms with Gasteiger partial charge in [0.05, 0.1) is 11.6 Å². The van der Waals surface area contributed by atoms with Gasteiger partial charge in [-0.05, 0) is 57.0 Å². The average Bonchev–Trinajstić information content (AvgIpc) is 2.90. The summed E-state index contributed by atoms with van der Waals surface area (Å²) in [5.74, 6) is -6.70. The first-order valence-corrected chi connectivity index (χ1v) is 13.7. The molecule has 4 atom stereocenters. The monoisotopic (exact) mass is 573 g/mol. The van der Waals surface area contributed by atoms with Crippen molar-refractivity contribution in [3.63, 3.8) is 0 Å². The van der Waals surface area contributed by atoms with Gasteiger partial charge >= 0.3 is 0 Å². The highest BCUT2D eigenvalue weighted by Crippen LogP contribution is 2.53. The summed E-state index contributed by atoms with van der Waals surface area (Å²) in [6, 6.07) is 8.54. The highest BCUT2D eigenvalue weighted by atomic mass is 16.3. The normalized spacial score (nSPS) is 25.5. The topological polar surface area (TPSA) is 165 Å². The molecular formula is C32H35N3O7. The molecule has 0 spiro atoms. The van der Waals surface area contributed by atoms with E-state index >= 15 is 0 Å². The van der Waals surface area contributed by atoms with E-state index < -0.39 is 58.0 Å². The number of phenolic OH excluding ortho intramolecular Hbond substituents is 1. The number of allylic oxidation sites excluding steroid dienone is 1. The van der Waals surface area contributed by atoms with Crippen LogP contribution in [0.25, 0.3) is 12.2 Å². The van der Waals surface area contributed by atoms with Gasteiger partial charge in [-0.3, -0.25) is 19.3 Å². The highest BCUT2D eigenvalue weighted by Gasteiger charge is 2.63. The van der Waals surface area contributed by atoms with Gasteiger partial charge in [0.15, 0.2) is 11.4 Å². The van der Waals surface area contributed by atoms with E-state index in [1.165, 1.54) is 4.90 Å². The summed E-state index contributed by atoms with van der Waals surface area (Å²) in [4.78, 5) is 43.2. The number of hydrogen-bond donors (Lipinski definition) is 5. The summed E-state index contributed by atoms with van der Waals surface area (Å²) in [5, 5.41) is 45.6. The predicted octanol–water partition coefficient (Wildman–Crippen LogP) is 2.67. The van der Waals surface area contributed by atoms with E-state index in [4.69, 9.17) is 5.73 Å². The van der Waals surface area contributed by atoms with Crippen molar-refractivity contribution < 1.29 is 34.8 Å². The molecule has 42 heavy (non-hydrogen) atoms. The van der Waals surface area contributed by atoms with Gasteiger partial charge in [-0.15, -0.1) is 0 Å². The SMILES string of the molecule is Cc1ccc(/C=C/c2cc(N(C)C)c3c(c2O)C(=O)C2=C(O)[C@]4(O)C(=O)C(C(N)=O)=C(O)[C@@H](N(C)C)[C@@H]4C[C@@H]2C3)cc1. The van der Waals surface area contributed by atoms with Crippen molar-refractivity contribution in [1.29, 1.82) is 0 Å². The fourth-order valence-electron chi connectivity index (χ4n) is 6.71. The van der Waals surface area contributed by atoms with Crippen LogP contribution in [0.4, 0.5) is 5.69 Å². The van der Waals surface area contributed by atoms with E-state index in [-0.39, 0.29) is 29.7 Å². The molecule has 220 valence electrons. The first-order chi connectivity index (χ1) is 19.7. The van der Waals surface area contributed by atoms with Crippen molar-refractivity contribution in [1.82, 2.24) is 4.90 Å². The van der Waals surface area contributed by atoms with Crippen molar-refractivity contribution in [2.45, 2.75) is 31.4 Å². The minimum Gasteiger partial charge on any atom is -0.510 e. The van der Waals surface area contributed by atoms with Crippen molar-refractivity contribution in [3.8, 4) is 5.75 Å². The summed E-state index contributed by atoms with van der Waals surface area (Å²) in [7, 11) is 6.84. The summed E-state index contributed by atoms with van der Waals surface area (Å²) in [5.41, 5.74) is 5.33. The molecule has 0 radical (unpaired) electrons. The Labute approximate surface area is 243 Å². The fourth-order valence-corrected chi connectivity index (χ4v) is 6.71. The number of amides is 1. The largest absolute Gasteiger partial charge is 0.510 e. The number of aliphatic hydroxyl groups excluding tert-OH is 2. The first-order valence-electron chi connectivity index (χ1n) is 13.7. The lowest BCUT2D eigenvalue weighted by molar-refractivity contribution is -0.148. The van der Waals surface area contributed by atoms with E-state index in [1.54, 1.807) is 26.2 Å². The van der Waals surface area contributed by atoms with E-state index in [2.05, 4.69) is 0 Å². The number of Topliss-reactive ketones (excluding diaryl/α,β-unsaturated/α-hetero) is 2. The number of hydrogen-bond acceptors (Lipinski definition) is 9. The average molecular weight is 574 g/mol. The van der Waals surface area contributed by atoms with Crippen LogP contribution in [0.3, 0.4) is 0 Å². The lowest BCUT2D eigenvalue weighted by Crippen LogP contribution is -2.63. The number of anilines is 1. The zero-order chi connectivity index (χ0) is 30.8. The van der Waals surface area contributed by atoms with Crippen LogP contribution in [0.15, 0.2) is 53.0 Å². The molecule has 6 N–H and O–H groups in total. The number of phenols is 1. The summed E-state index contributed by atoms with van der Waals surface area (Å²) >= 11 is 0. The molecule has 2 aromatic rings. The second kappa shape index (κ2) is 10.1. The standard InChI is InChI=1S/C32H35N3O7/c1-15-6-8-16(9-7-15)10-11-17-14-21(34(2)3)19-12-18-13-20-25(35(4)5)28(38)24(31(33)41)30(40)32(20,42)29(39)22(18)27(37)23(19)26(17)36/h6-11,14,18,20,25,36,38-39,42H,12-13H2,1-5H3,(H2,33,41)/b11-10+/t18-,20-,25-,32-/m0/s1. The van der Waals surface area contributed by atoms with Crippen molar-refractivity contribution in [2.75, 3.05) is 33.1 Å². The second-order valence-electron chi connectivity index (χ2n) is 11.8. The number of rotatable bonds is 5. The molecule has 0 saturated heterocycles. The molecule has 2 aromatic carbocycles. The summed E-state index contributed by atoms with van der Waals surface area (Å²) < 4.78 is 0. The molecule has 0 saturated carbocycles. The molecule has 0 unspecified atom stereocenters. The van der Waals surface area contributed by atoms with Crippen molar-refractivity contribution >= 4 is 35.3 Å². The molecule has 0 fully saturated rings. The minimum absolute atomic E-state index is 0.0226. The Balaban J connectivity index is 1.69. The van der Waals surface area contributed by atoms with Gasteiger partial charge in [-0.1, -0.05) is 42.0 Å². The second-order valence-corrected chi connectivity index (χ2v) is 11.8. The predicted molar refractivity (Wildman–Crippen MR) is 158 cm³/mol. The van der Waals surface area contributed by atoms with Crippen molar-refractivity contribution in [3.05, 3.63) is 80.8 Å². The number of ketones is 2. The van der Waals surface area contributed by atoms with Crippen LogP contribution < -0.4 is 10.6 Å². The van der Waals surface area contributed by atoms with Crippen LogP contribution >= 0.6 is 0 Å². The smallest absolute Gasteiger partial charge is 0.255 e. The maximum atomic E-state index is 14.1. The van der Waals surface area contributed by atoms with Gasteiger partial charge in [-0.2, -0.15) is 0 Å².